The first kappa shape index (κ1) is 26.5. The van der Waals surface area contributed by atoms with Gasteiger partial charge in [-0.05, 0) is 35.7 Å². The average Bonchev–Trinajstić information content (AvgIpc) is 2.82. The summed E-state index contributed by atoms with van der Waals surface area (Å²) in [6.07, 6.45) is 0. The number of guanidine groups is 1. The molecule has 2 aromatic rings. The van der Waals surface area contributed by atoms with Gasteiger partial charge in [0.05, 0.1) is 25.9 Å². The van der Waals surface area contributed by atoms with E-state index in [2.05, 4.69) is 44.8 Å². The molecule has 1 fully saturated rings. The number of hydrogen-bond acceptors (Lipinski definition) is 4. The number of rotatable bonds is 9. The van der Waals surface area contributed by atoms with Gasteiger partial charge in [0.1, 0.15) is 5.82 Å². The van der Waals surface area contributed by atoms with E-state index in [1.807, 2.05) is 19.1 Å². The average molecular weight is 556 g/mol. The fourth-order valence-electron chi connectivity index (χ4n) is 3.60. The van der Waals surface area contributed by atoms with Crippen LogP contribution in [0.2, 0.25) is 0 Å². The molecule has 32 heavy (non-hydrogen) atoms. The van der Waals surface area contributed by atoms with E-state index in [9.17, 15) is 4.39 Å². The lowest BCUT2D eigenvalue weighted by molar-refractivity contribution is 0.0170. The summed E-state index contributed by atoms with van der Waals surface area (Å²) < 4.78 is 24.4. The summed E-state index contributed by atoms with van der Waals surface area (Å²) in [4.78, 5) is 6.73. The normalized spacial score (nSPS) is 15.7. The Morgan fingerprint density at radius 1 is 1.06 bits per heavy atom. The maximum absolute atomic E-state index is 13.4. The number of benzene rings is 2. The van der Waals surface area contributed by atoms with Crippen LogP contribution in [0, 0.1) is 5.82 Å². The number of halogens is 2. The van der Waals surface area contributed by atoms with E-state index in [-0.39, 0.29) is 35.8 Å². The zero-order valence-corrected chi connectivity index (χ0v) is 21.2. The number of nitrogens with zero attached hydrogens (tertiary/aromatic N) is 2. The highest BCUT2D eigenvalue weighted by Gasteiger charge is 2.23. The quantitative estimate of drug-likeness (QED) is 0.280. The molecule has 0 amide bonds. The highest BCUT2D eigenvalue weighted by atomic mass is 127. The Balaban J connectivity index is 0.00000363. The molecule has 0 aromatic heterocycles. The molecule has 0 spiro atoms. The molecule has 2 N–H and O–H groups in total. The van der Waals surface area contributed by atoms with Gasteiger partial charge in [0.15, 0.2) is 5.96 Å². The summed E-state index contributed by atoms with van der Waals surface area (Å²) in [5.41, 5.74) is 3.42. The van der Waals surface area contributed by atoms with Gasteiger partial charge < -0.3 is 20.1 Å². The van der Waals surface area contributed by atoms with Crippen molar-refractivity contribution in [1.82, 2.24) is 15.5 Å². The van der Waals surface area contributed by atoms with Crippen molar-refractivity contribution in [3.05, 3.63) is 71.0 Å². The molecule has 8 heteroatoms. The lowest BCUT2D eigenvalue weighted by atomic mass is 10.0. The first-order valence-electron chi connectivity index (χ1n) is 10.9. The molecule has 176 valence electrons. The van der Waals surface area contributed by atoms with Gasteiger partial charge in [-0.2, -0.15) is 0 Å². The third kappa shape index (κ3) is 8.31. The van der Waals surface area contributed by atoms with Gasteiger partial charge in [0, 0.05) is 39.8 Å². The Labute approximate surface area is 207 Å². The SMILES string of the molecule is CCOCc1ccc(CNC(=NC)NCC(c2ccc(F)cc2)N2CCOCC2)cc1.I. The van der Waals surface area contributed by atoms with Crippen molar-refractivity contribution in [3.8, 4) is 0 Å². The summed E-state index contributed by atoms with van der Waals surface area (Å²) >= 11 is 0. The molecule has 1 atom stereocenters. The van der Waals surface area contributed by atoms with Gasteiger partial charge in [-0.3, -0.25) is 9.89 Å². The number of morpholine rings is 1. The first-order chi connectivity index (χ1) is 15.2. The standard InChI is InChI=1S/C24H33FN4O2.HI/c1-3-30-18-20-6-4-19(5-7-20)16-27-24(26-2)28-17-23(29-12-14-31-15-13-29)21-8-10-22(25)11-9-21;/h4-11,23H,3,12-18H2,1-2H3,(H2,26,27,28);1H. The van der Waals surface area contributed by atoms with Gasteiger partial charge in [-0.15, -0.1) is 24.0 Å². The van der Waals surface area contributed by atoms with Crippen molar-refractivity contribution in [1.29, 1.82) is 0 Å². The fraction of sp³-hybridized carbons (Fsp3) is 0.458. The van der Waals surface area contributed by atoms with Gasteiger partial charge in [-0.25, -0.2) is 4.39 Å². The van der Waals surface area contributed by atoms with Gasteiger partial charge in [0.2, 0.25) is 0 Å². The maximum atomic E-state index is 13.4. The monoisotopic (exact) mass is 556 g/mol. The second-order valence-electron chi connectivity index (χ2n) is 7.48. The van der Waals surface area contributed by atoms with Gasteiger partial charge in [0.25, 0.3) is 0 Å². The Morgan fingerprint density at radius 3 is 2.34 bits per heavy atom. The lowest BCUT2D eigenvalue weighted by Crippen LogP contribution is -2.46. The topological polar surface area (TPSA) is 58.1 Å². The minimum absolute atomic E-state index is 0. The van der Waals surface area contributed by atoms with Gasteiger partial charge in [-0.1, -0.05) is 36.4 Å². The fourth-order valence-corrected chi connectivity index (χ4v) is 3.60. The van der Waals surface area contributed by atoms with Gasteiger partial charge >= 0.3 is 0 Å². The highest BCUT2D eigenvalue weighted by molar-refractivity contribution is 14.0. The maximum Gasteiger partial charge on any atom is 0.191 e. The minimum atomic E-state index is -0.220. The van der Waals surface area contributed by atoms with Crippen molar-refractivity contribution in [3.63, 3.8) is 0 Å². The predicted molar refractivity (Wildman–Crippen MR) is 137 cm³/mol. The molecule has 1 unspecified atom stereocenters. The second kappa shape index (κ2) is 14.4. The molecule has 0 aliphatic carbocycles. The molecule has 1 heterocycles. The Bertz CT molecular complexity index is 812. The molecule has 1 aliphatic rings. The van der Waals surface area contributed by atoms with E-state index in [0.717, 1.165) is 24.6 Å². The molecule has 0 radical (unpaired) electrons. The summed E-state index contributed by atoms with van der Waals surface area (Å²) in [5.74, 6) is 0.515. The summed E-state index contributed by atoms with van der Waals surface area (Å²) in [6, 6.07) is 15.2. The van der Waals surface area contributed by atoms with Crippen LogP contribution in [-0.2, 0) is 22.6 Å². The number of ether oxygens (including phenoxy) is 2. The van der Waals surface area contributed by atoms with E-state index in [1.54, 1.807) is 7.05 Å². The smallest absolute Gasteiger partial charge is 0.191 e. The molecule has 0 bridgehead atoms. The van der Waals surface area contributed by atoms with Crippen molar-refractivity contribution < 1.29 is 13.9 Å². The molecular weight excluding hydrogens is 522 g/mol. The highest BCUT2D eigenvalue weighted by Crippen LogP contribution is 2.21. The predicted octanol–water partition coefficient (Wildman–Crippen LogP) is 3.72. The van der Waals surface area contributed by atoms with E-state index in [4.69, 9.17) is 9.47 Å². The van der Waals surface area contributed by atoms with Crippen LogP contribution >= 0.6 is 24.0 Å². The van der Waals surface area contributed by atoms with Crippen molar-refractivity contribution in [2.75, 3.05) is 46.5 Å². The van der Waals surface area contributed by atoms with Crippen LogP contribution in [0.1, 0.15) is 29.7 Å². The molecular formula is C24H34FIN4O2. The molecule has 0 saturated carbocycles. The number of nitrogens with one attached hydrogen (secondary N) is 2. The summed E-state index contributed by atoms with van der Waals surface area (Å²) in [7, 11) is 1.77. The third-order valence-electron chi connectivity index (χ3n) is 5.38. The summed E-state index contributed by atoms with van der Waals surface area (Å²) in [6.45, 7) is 7.82. The zero-order chi connectivity index (χ0) is 21.9. The van der Waals surface area contributed by atoms with Crippen LogP contribution in [-0.4, -0.2) is 57.4 Å². The molecule has 2 aromatic carbocycles. The van der Waals surface area contributed by atoms with Crippen molar-refractivity contribution in [2.45, 2.75) is 26.1 Å². The van der Waals surface area contributed by atoms with Crippen molar-refractivity contribution in [2.24, 2.45) is 4.99 Å². The largest absolute Gasteiger partial charge is 0.379 e. The second-order valence-corrected chi connectivity index (χ2v) is 7.48. The zero-order valence-electron chi connectivity index (χ0n) is 18.9. The van der Waals surface area contributed by atoms with Crippen LogP contribution < -0.4 is 10.6 Å². The number of hydrogen-bond donors (Lipinski definition) is 2. The van der Waals surface area contributed by atoms with Crippen LogP contribution in [0.4, 0.5) is 4.39 Å². The van der Waals surface area contributed by atoms with E-state index >= 15 is 0 Å². The van der Waals surface area contributed by atoms with Crippen molar-refractivity contribution >= 4 is 29.9 Å². The molecule has 1 saturated heterocycles. The third-order valence-corrected chi connectivity index (χ3v) is 5.38. The molecule has 6 nitrogen and oxygen atoms in total. The van der Waals surface area contributed by atoms with E-state index in [1.165, 1.54) is 23.3 Å². The Morgan fingerprint density at radius 2 is 1.72 bits per heavy atom. The van der Waals surface area contributed by atoms with Crippen LogP contribution in [0.15, 0.2) is 53.5 Å². The molecule has 1 aliphatic heterocycles. The minimum Gasteiger partial charge on any atom is -0.379 e. The number of aliphatic imine (C=N–C) groups is 1. The summed E-state index contributed by atoms with van der Waals surface area (Å²) in [5, 5.41) is 6.80. The first-order valence-corrected chi connectivity index (χ1v) is 10.9. The van der Waals surface area contributed by atoms with E-state index in [0.29, 0.717) is 39.5 Å². The van der Waals surface area contributed by atoms with Crippen LogP contribution in [0.3, 0.4) is 0 Å². The molecule has 3 rings (SSSR count). The Kier molecular flexibility index (Phi) is 11.9. The Hall–Kier alpha value is -1.75. The van der Waals surface area contributed by atoms with Crippen LogP contribution in [0.25, 0.3) is 0 Å². The van der Waals surface area contributed by atoms with E-state index < -0.39 is 0 Å². The lowest BCUT2D eigenvalue weighted by Gasteiger charge is -2.35. The van der Waals surface area contributed by atoms with Crippen LogP contribution in [0.5, 0.6) is 0 Å².